The number of hydrogen-bond acceptors (Lipinski definition) is 4. The van der Waals surface area contributed by atoms with E-state index in [0.29, 0.717) is 23.0 Å². The van der Waals surface area contributed by atoms with Crippen LogP contribution in [-0.4, -0.2) is 17.1 Å². The molecule has 0 radical (unpaired) electrons. The summed E-state index contributed by atoms with van der Waals surface area (Å²) in [6.07, 6.45) is 1.53. The summed E-state index contributed by atoms with van der Waals surface area (Å²) in [5, 5.41) is 0. The zero-order chi connectivity index (χ0) is 11.5. The topological polar surface area (TPSA) is 61.0 Å². The lowest BCUT2D eigenvalue weighted by Gasteiger charge is -2.05. The molecule has 16 heavy (non-hydrogen) atoms. The summed E-state index contributed by atoms with van der Waals surface area (Å²) in [6.45, 7) is 0. The van der Waals surface area contributed by atoms with Crippen molar-refractivity contribution < 1.29 is 9.13 Å². The van der Waals surface area contributed by atoms with Crippen LogP contribution in [0.3, 0.4) is 0 Å². The Kier molecular flexibility index (Phi) is 2.68. The first-order chi connectivity index (χ1) is 7.70. The molecule has 1 aromatic heterocycles. The molecule has 1 heterocycles. The van der Waals surface area contributed by atoms with Crippen LogP contribution in [0.4, 0.5) is 10.1 Å². The number of methoxy groups -OCH3 is 1. The van der Waals surface area contributed by atoms with Crippen molar-refractivity contribution in [1.82, 2.24) is 9.97 Å². The maximum Gasteiger partial charge on any atom is 0.216 e. The molecule has 0 aliphatic carbocycles. The van der Waals surface area contributed by atoms with E-state index in [1.165, 1.54) is 31.5 Å². The minimum Gasteiger partial charge on any atom is -0.481 e. The van der Waals surface area contributed by atoms with Gasteiger partial charge < -0.3 is 10.5 Å². The number of anilines is 1. The molecule has 0 saturated carbocycles. The summed E-state index contributed by atoms with van der Waals surface area (Å²) < 4.78 is 18.0. The summed E-state index contributed by atoms with van der Waals surface area (Å²) in [6, 6.07) is 5.68. The van der Waals surface area contributed by atoms with E-state index in [1.54, 1.807) is 6.07 Å². The molecule has 0 saturated heterocycles. The molecule has 4 nitrogen and oxygen atoms in total. The molecule has 0 atom stereocenters. The number of halogens is 1. The van der Waals surface area contributed by atoms with Gasteiger partial charge in [0.05, 0.1) is 7.11 Å². The van der Waals surface area contributed by atoms with E-state index in [9.17, 15) is 4.39 Å². The van der Waals surface area contributed by atoms with Gasteiger partial charge in [-0.25, -0.2) is 9.37 Å². The summed E-state index contributed by atoms with van der Waals surface area (Å²) in [5.74, 6) is 0.376. The van der Waals surface area contributed by atoms with Crippen molar-refractivity contribution in [3.63, 3.8) is 0 Å². The Labute approximate surface area is 91.9 Å². The molecule has 0 bridgehead atoms. The quantitative estimate of drug-likeness (QED) is 0.783. The minimum atomic E-state index is -0.379. The monoisotopic (exact) mass is 219 g/mol. The number of aromatic nitrogens is 2. The van der Waals surface area contributed by atoms with E-state index in [-0.39, 0.29) is 5.82 Å². The number of nitrogens with zero attached hydrogens (tertiary/aromatic N) is 2. The van der Waals surface area contributed by atoms with Crippen molar-refractivity contribution in [2.45, 2.75) is 0 Å². The third-order valence-corrected chi connectivity index (χ3v) is 2.10. The van der Waals surface area contributed by atoms with E-state index < -0.39 is 0 Å². The summed E-state index contributed by atoms with van der Waals surface area (Å²) in [7, 11) is 1.50. The predicted molar refractivity (Wildman–Crippen MR) is 58.4 cm³/mol. The van der Waals surface area contributed by atoms with Gasteiger partial charge in [0.15, 0.2) is 5.82 Å². The molecule has 0 aliphatic rings. The highest BCUT2D eigenvalue weighted by Gasteiger charge is 2.08. The highest BCUT2D eigenvalue weighted by Crippen LogP contribution is 2.24. The number of ether oxygens (including phenoxy) is 1. The van der Waals surface area contributed by atoms with Crippen LogP contribution in [-0.2, 0) is 0 Å². The van der Waals surface area contributed by atoms with E-state index in [4.69, 9.17) is 10.5 Å². The maximum atomic E-state index is 13.1. The zero-order valence-corrected chi connectivity index (χ0v) is 8.64. The van der Waals surface area contributed by atoms with E-state index in [1.807, 2.05) is 0 Å². The van der Waals surface area contributed by atoms with Gasteiger partial charge in [-0.15, -0.1) is 0 Å². The molecule has 1 aromatic carbocycles. The molecule has 2 N–H and O–H groups in total. The molecule has 0 amide bonds. The molecular formula is C11H10FN3O. The second-order valence-corrected chi connectivity index (χ2v) is 3.15. The van der Waals surface area contributed by atoms with Crippen molar-refractivity contribution in [2.75, 3.05) is 12.8 Å². The maximum absolute atomic E-state index is 13.1. The van der Waals surface area contributed by atoms with Gasteiger partial charge in [-0.3, -0.25) is 0 Å². The average molecular weight is 219 g/mol. The fraction of sp³-hybridized carbons (Fsp3) is 0.0909. The molecule has 2 aromatic rings. The predicted octanol–water partition coefficient (Wildman–Crippen LogP) is 1.87. The number of hydrogen-bond donors (Lipinski definition) is 1. The van der Waals surface area contributed by atoms with Gasteiger partial charge in [-0.05, 0) is 18.2 Å². The third-order valence-electron chi connectivity index (χ3n) is 2.10. The smallest absolute Gasteiger partial charge is 0.216 e. The number of benzene rings is 1. The molecule has 0 spiro atoms. The third kappa shape index (κ3) is 1.93. The van der Waals surface area contributed by atoms with Gasteiger partial charge in [-0.2, -0.15) is 4.98 Å². The van der Waals surface area contributed by atoms with Crippen LogP contribution in [0.25, 0.3) is 11.4 Å². The molecule has 82 valence electrons. The summed E-state index contributed by atoms with van der Waals surface area (Å²) >= 11 is 0. The van der Waals surface area contributed by atoms with E-state index in [2.05, 4.69) is 9.97 Å². The Morgan fingerprint density at radius 1 is 1.31 bits per heavy atom. The number of nitrogen functional groups attached to an aromatic ring is 1. The van der Waals surface area contributed by atoms with Crippen molar-refractivity contribution in [2.24, 2.45) is 0 Å². The molecule has 0 aliphatic heterocycles. The lowest BCUT2D eigenvalue weighted by Crippen LogP contribution is -1.97. The number of nitrogens with two attached hydrogens (primary N) is 1. The van der Waals surface area contributed by atoms with Crippen LogP contribution in [0.2, 0.25) is 0 Å². The Bertz CT molecular complexity index is 516. The summed E-state index contributed by atoms with van der Waals surface area (Å²) in [4.78, 5) is 8.11. The zero-order valence-electron chi connectivity index (χ0n) is 8.64. The standard InChI is InChI=1S/C11H10FN3O/c1-16-10-4-5-14-11(15-10)8-6-7(12)2-3-9(8)13/h2-6H,13H2,1H3. The largest absolute Gasteiger partial charge is 0.481 e. The molecule has 2 rings (SSSR count). The molecule has 0 unspecified atom stereocenters. The normalized spacial score (nSPS) is 10.1. The van der Waals surface area contributed by atoms with Gasteiger partial charge in [0.2, 0.25) is 5.88 Å². The van der Waals surface area contributed by atoms with Crippen LogP contribution in [0.5, 0.6) is 5.88 Å². The molecular weight excluding hydrogens is 209 g/mol. The first kappa shape index (κ1) is 10.4. The Balaban J connectivity index is 2.53. The Morgan fingerprint density at radius 3 is 2.88 bits per heavy atom. The lowest BCUT2D eigenvalue weighted by molar-refractivity contribution is 0.397. The summed E-state index contributed by atoms with van der Waals surface area (Å²) in [5.41, 5.74) is 6.61. The fourth-order valence-electron chi connectivity index (χ4n) is 1.31. The van der Waals surface area contributed by atoms with Crippen LogP contribution in [0.1, 0.15) is 0 Å². The van der Waals surface area contributed by atoms with E-state index >= 15 is 0 Å². The first-order valence-corrected chi connectivity index (χ1v) is 4.63. The Hall–Kier alpha value is -2.17. The molecule has 0 fully saturated rings. The van der Waals surface area contributed by atoms with E-state index in [0.717, 1.165) is 0 Å². The number of rotatable bonds is 2. The lowest BCUT2D eigenvalue weighted by atomic mass is 10.1. The second kappa shape index (κ2) is 4.14. The fourth-order valence-corrected chi connectivity index (χ4v) is 1.31. The van der Waals surface area contributed by atoms with Crippen LogP contribution >= 0.6 is 0 Å². The van der Waals surface area contributed by atoms with Gasteiger partial charge in [0.1, 0.15) is 5.82 Å². The highest BCUT2D eigenvalue weighted by atomic mass is 19.1. The van der Waals surface area contributed by atoms with Gasteiger partial charge in [0.25, 0.3) is 0 Å². The van der Waals surface area contributed by atoms with Gasteiger partial charge in [0, 0.05) is 23.5 Å². The highest BCUT2D eigenvalue weighted by molar-refractivity contribution is 5.71. The first-order valence-electron chi connectivity index (χ1n) is 4.63. The van der Waals surface area contributed by atoms with Crippen LogP contribution < -0.4 is 10.5 Å². The average Bonchev–Trinajstić information content (AvgIpc) is 2.32. The van der Waals surface area contributed by atoms with Crippen molar-refractivity contribution in [3.05, 3.63) is 36.3 Å². The van der Waals surface area contributed by atoms with Crippen LogP contribution in [0.15, 0.2) is 30.5 Å². The Morgan fingerprint density at radius 2 is 2.12 bits per heavy atom. The van der Waals surface area contributed by atoms with Gasteiger partial charge in [-0.1, -0.05) is 0 Å². The second-order valence-electron chi connectivity index (χ2n) is 3.15. The van der Waals surface area contributed by atoms with Gasteiger partial charge >= 0.3 is 0 Å². The van der Waals surface area contributed by atoms with Crippen molar-refractivity contribution >= 4 is 5.69 Å². The minimum absolute atomic E-state index is 0.344. The molecule has 5 heteroatoms. The van der Waals surface area contributed by atoms with Crippen molar-refractivity contribution in [3.8, 4) is 17.3 Å². The SMILES string of the molecule is COc1ccnc(-c2cc(F)ccc2N)n1. The van der Waals surface area contributed by atoms with Crippen LogP contribution in [0, 0.1) is 5.82 Å². The van der Waals surface area contributed by atoms with Crippen molar-refractivity contribution in [1.29, 1.82) is 0 Å².